The fourth-order valence-electron chi connectivity index (χ4n) is 4.24. The van der Waals surface area contributed by atoms with Crippen LogP contribution in [-0.2, 0) is 19.0 Å². The zero-order valence-corrected chi connectivity index (χ0v) is 22.4. The van der Waals surface area contributed by atoms with Gasteiger partial charge in [0, 0.05) is 0 Å². The number of halogens is 1. The number of carboxylic acids is 1. The molecule has 0 radical (unpaired) electrons. The van der Waals surface area contributed by atoms with Gasteiger partial charge in [0.25, 0.3) is 0 Å². The van der Waals surface area contributed by atoms with Crippen molar-refractivity contribution in [2.75, 3.05) is 39.6 Å². The quantitative estimate of drug-likeness (QED) is 0.171. The number of hydrogen-bond donors (Lipinski definition) is 1. The van der Waals surface area contributed by atoms with Crippen molar-refractivity contribution in [3.05, 3.63) is 91.0 Å². The van der Waals surface area contributed by atoms with E-state index < -0.39 is 15.9 Å². The normalized spacial score (nSPS) is 13.6. The first-order chi connectivity index (χ1) is 16.5. The summed E-state index contributed by atoms with van der Waals surface area (Å²) in [6.07, 6.45) is 0. The maximum atomic E-state index is 13.0. The van der Waals surface area contributed by atoms with Crippen molar-refractivity contribution in [2.45, 2.75) is 12.6 Å². The Balaban J connectivity index is 2.04. The molecule has 0 saturated carbocycles. The van der Waals surface area contributed by atoms with Crippen molar-refractivity contribution in [2.24, 2.45) is 0 Å². The van der Waals surface area contributed by atoms with Crippen LogP contribution in [0.1, 0.15) is 6.92 Å². The van der Waals surface area contributed by atoms with Crippen molar-refractivity contribution in [1.82, 2.24) is 0 Å². The molecular weight excluding hydrogens is 562 g/mol. The summed E-state index contributed by atoms with van der Waals surface area (Å²) < 4.78 is 13.3. The third-order valence-corrected chi connectivity index (χ3v) is 18.4. The molecule has 0 aliphatic carbocycles. The molecule has 0 saturated heterocycles. The Labute approximate surface area is 214 Å². The molecule has 0 spiro atoms. The van der Waals surface area contributed by atoms with Gasteiger partial charge in [-0.2, -0.15) is 0 Å². The van der Waals surface area contributed by atoms with E-state index in [1.54, 1.807) is 0 Å². The Hall–Kier alpha value is -1.83. The fourth-order valence-corrected chi connectivity index (χ4v) is 13.4. The summed E-state index contributed by atoms with van der Waals surface area (Å²) in [6, 6.07) is 30.1. The molecule has 3 aromatic carbocycles. The number of aliphatic carboxylic acids is 1. The summed E-state index contributed by atoms with van der Waals surface area (Å²) in [7, 11) is 0. The van der Waals surface area contributed by atoms with Gasteiger partial charge in [0.05, 0.1) is 0 Å². The first-order valence-electron chi connectivity index (χ1n) is 11.4. The zero-order chi connectivity index (χ0) is 24.3. The van der Waals surface area contributed by atoms with E-state index in [2.05, 4.69) is 58.4 Å². The van der Waals surface area contributed by atoms with Gasteiger partial charge in [0.1, 0.15) is 0 Å². The van der Waals surface area contributed by atoms with Crippen molar-refractivity contribution < 1.29 is 24.1 Å². The van der Waals surface area contributed by atoms with Crippen LogP contribution < -0.4 is 15.9 Å². The van der Waals surface area contributed by atoms with Crippen LogP contribution >= 0.6 is 26.3 Å². The first-order valence-corrected chi connectivity index (χ1v) is 16.5. The van der Waals surface area contributed by atoms with Crippen molar-refractivity contribution in [1.29, 1.82) is 0 Å². The standard InChI is InChI=1S/C27H32IO5P/c1-2-31-18-19-32-20-21-33-22-26(27(29)30)34(28,23-12-6-3-7-13-23,24-14-8-4-9-15-24)25-16-10-5-11-17-25/h3-17,26H,2,18-22H2,1H3,(H,29,30). The van der Waals surface area contributed by atoms with Crippen molar-refractivity contribution >= 4 is 48.2 Å². The third-order valence-electron chi connectivity index (χ3n) is 5.88. The van der Waals surface area contributed by atoms with Gasteiger partial charge in [-0.3, -0.25) is 0 Å². The van der Waals surface area contributed by atoms with Crippen LogP contribution in [0.2, 0.25) is 0 Å². The van der Waals surface area contributed by atoms with Gasteiger partial charge in [-0.1, -0.05) is 0 Å². The number of hydrogen-bond acceptors (Lipinski definition) is 4. The Morgan fingerprint density at radius 2 is 1.12 bits per heavy atom. The van der Waals surface area contributed by atoms with Crippen LogP contribution in [0, 0.1) is 0 Å². The van der Waals surface area contributed by atoms with Crippen LogP contribution in [0.25, 0.3) is 0 Å². The number of rotatable bonds is 14. The number of carbonyl (C=O) groups is 1. The van der Waals surface area contributed by atoms with Gasteiger partial charge in [-0.25, -0.2) is 0 Å². The van der Waals surface area contributed by atoms with Gasteiger partial charge in [-0.15, -0.1) is 0 Å². The molecule has 0 aromatic heterocycles. The predicted octanol–water partition coefficient (Wildman–Crippen LogP) is 4.39. The van der Waals surface area contributed by atoms with Gasteiger partial charge in [-0.05, 0) is 0 Å². The van der Waals surface area contributed by atoms with E-state index in [0.29, 0.717) is 33.0 Å². The summed E-state index contributed by atoms with van der Waals surface area (Å²) in [5.41, 5.74) is -0.790. The van der Waals surface area contributed by atoms with E-state index >= 15 is 0 Å². The molecule has 3 rings (SSSR count). The van der Waals surface area contributed by atoms with Crippen molar-refractivity contribution in [3.8, 4) is 0 Å². The third kappa shape index (κ3) is 5.52. The second kappa shape index (κ2) is 12.8. The van der Waals surface area contributed by atoms with E-state index in [9.17, 15) is 9.90 Å². The number of ether oxygens (including phenoxy) is 3. The van der Waals surface area contributed by atoms with Gasteiger partial charge < -0.3 is 0 Å². The Bertz CT molecular complexity index is 918. The molecule has 5 nitrogen and oxygen atoms in total. The minimum atomic E-state index is -3.54. The molecule has 7 heteroatoms. The molecule has 0 amide bonds. The SMILES string of the molecule is CCOCCOCCOCC(C(=O)O)P(I)(c1ccccc1)(c1ccccc1)c1ccccc1. The van der Waals surface area contributed by atoms with E-state index in [1.807, 2.05) is 61.5 Å². The topological polar surface area (TPSA) is 65.0 Å². The van der Waals surface area contributed by atoms with Crippen LogP contribution in [-0.4, -0.2) is 56.4 Å². The molecule has 0 heterocycles. The zero-order valence-electron chi connectivity index (χ0n) is 19.4. The van der Waals surface area contributed by atoms with E-state index in [4.69, 9.17) is 14.2 Å². The predicted molar refractivity (Wildman–Crippen MR) is 149 cm³/mol. The summed E-state index contributed by atoms with van der Waals surface area (Å²) in [5, 5.41) is 13.7. The molecule has 182 valence electrons. The molecule has 0 aliphatic heterocycles. The van der Waals surface area contributed by atoms with Crippen LogP contribution in [0.4, 0.5) is 0 Å². The van der Waals surface area contributed by atoms with E-state index in [-0.39, 0.29) is 6.61 Å². The van der Waals surface area contributed by atoms with Crippen LogP contribution in [0.3, 0.4) is 0 Å². The molecule has 0 aliphatic rings. The summed E-state index contributed by atoms with van der Waals surface area (Å²) in [4.78, 5) is 13.0. The Morgan fingerprint density at radius 3 is 1.50 bits per heavy atom. The fraction of sp³-hybridized carbons (Fsp3) is 0.296. The average molecular weight is 594 g/mol. The molecule has 34 heavy (non-hydrogen) atoms. The summed E-state index contributed by atoms with van der Waals surface area (Å²) in [5.74, 6) is -0.874. The second-order valence-electron chi connectivity index (χ2n) is 7.82. The monoisotopic (exact) mass is 594 g/mol. The Morgan fingerprint density at radius 1 is 0.735 bits per heavy atom. The Kier molecular flexibility index (Phi) is 10.0. The summed E-state index contributed by atoms with van der Waals surface area (Å²) >= 11 is 2.49. The molecule has 0 bridgehead atoms. The molecular formula is C27H32IO5P. The molecule has 1 unspecified atom stereocenters. The first kappa shape index (κ1) is 26.8. The van der Waals surface area contributed by atoms with E-state index in [0.717, 1.165) is 15.9 Å². The molecule has 1 N–H and O–H groups in total. The number of carboxylic acid groups (broad SMARTS) is 1. The van der Waals surface area contributed by atoms with Crippen LogP contribution in [0.5, 0.6) is 0 Å². The molecule has 0 fully saturated rings. The average Bonchev–Trinajstić information content (AvgIpc) is 2.89. The molecule has 3 aromatic rings. The minimum absolute atomic E-state index is 0.0730. The van der Waals surface area contributed by atoms with Crippen molar-refractivity contribution in [3.63, 3.8) is 0 Å². The molecule has 1 atom stereocenters. The maximum absolute atomic E-state index is 13.0. The van der Waals surface area contributed by atoms with E-state index in [1.165, 1.54) is 0 Å². The van der Waals surface area contributed by atoms with Gasteiger partial charge >= 0.3 is 216 Å². The van der Waals surface area contributed by atoms with Crippen LogP contribution in [0.15, 0.2) is 91.0 Å². The second-order valence-corrected chi connectivity index (χ2v) is 18.2. The van der Waals surface area contributed by atoms with Gasteiger partial charge in [0.15, 0.2) is 0 Å². The summed E-state index contributed by atoms with van der Waals surface area (Å²) in [6.45, 7) is 4.40. The number of benzene rings is 3. The van der Waals surface area contributed by atoms with Gasteiger partial charge in [0.2, 0.25) is 0 Å².